The summed E-state index contributed by atoms with van der Waals surface area (Å²) in [5.41, 5.74) is 4.10. The van der Waals surface area contributed by atoms with Crippen LogP contribution in [0.1, 0.15) is 40.9 Å². The van der Waals surface area contributed by atoms with E-state index in [9.17, 15) is 4.79 Å². The van der Waals surface area contributed by atoms with Gasteiger partial charge < -0.3 is 4.57 Å². The quantitative estimate of drug-likeness (QED) is 0.444. The summed E-state index contributed by atoms with van der Waals surface area (Å²) in [6, 6.07) is 22.5. The third-order valence-corrected chi connectivity index (χ3v) is 5.52. The molecule has 0 radical (unpaired) electrons. The molecule has 0 saturated carbocycles. The van der Waals surface area contributed by atoms with E-state index in [1.165, 1.54) is 11.2 Å². The Morgan fingerprint density at radius 2 is 1.64 bits per heavy atom. The average Bonchev–Trinajstić information content (AvgIpc) is 3.19. The van der Waals surface area contributed by atoms with Crippen LogP contribution in [0.5, 0.6) is 0 Å². The Balaban J connectivity index is 1.82. The number of aryl methyl sites for hydroxylation is 1. The number of carbonyl (C=O) groups is 1. The molecule has 3 aromatic carbocycles. The van der Waals surface area contributed by atoms with Crippen LogP contribution in [0.15, 0.2) is 66.7 Å². The summed E-state index contributed by atoms with van der Waals surface area (Å²) in [4.78, 5) is 13.6. The molecule has 1 unspecified atom stereocenters. The van der Waals surface area contributed by atoms with E-state index in [4.69, 9.17) is 0 Å². The number of nitrogens with zero attached hydrogens (tertiary/aromatic N) is 1. The van der Waals surface area contributed by atoms with Crippen LogP contribution < -0.4 is 0 Å². The van der Waals surface area contributed by atoms with Gasteiger partial charge in [-0.2, -0.15) is 0 Å². The molecule has 0 N–H and O–H groups in total. The van der Waals surface area contributed by atoms with Crippen LogP contribution in [0.25, 0.3) is 21.7 Å². The summed E-state index contributed by atoms with van der Waals surface area (Å²) in [6.07, 6.45) is 1.11. The van der Waals surface area contributed by atoms with Crippen molar-refractivity contribution in [1.29, 1.82) is 0 Å². The summed E-state index contributed by atoms with van der Waals surface area (Å²) in [5.74, 6) is 0.567. The number of carbonyl (C=O) groups excluding carboxylic acids is 1. The molecular weight excluding hydrogens is 306 g/mol. The van der Waals surface area contributed by atoms with Crippen molar-refractivity contribution in [3.05, 3.63) is 83.6 Å². The minimum atomic E-state index is 0.149. The third-order valence-electron chi connectivity index (χ3n) is 5.52. The predicted molar refractivity (Wildman–Crippen MR) is 102 cm³/mol. The van der Waals surface area contributed by atoms with Crippen molar-refractivity contribution in [3.63, 3.8) is 0 Å². The number of para-hydroxylation sites is 1. The maximum absolute atomic E-state index is 13.6. The second-order valence-electron chi connectivity index (χ2n) is 6.97. The lowest BCUT2D eigenvalue weighted by Gasteiger charge is -2.09. The number of aromatic nitrogens is 1. The lowest BCUT2D eigenvalue weighted by molar-refractivity contribution is 0.104. The largest absolute Gasteiger partial charge is 0.344 e. The Labute approximate surface area is 146 Å². The van der Waals surface area contributed by atoms with Crippen molar-refractivity contribution in [2.24, 2.45) is 0 Å². The molecule has 0 aliphatic carbocycles. The first-order valence-electron chi connectivity index (χ1n) is 8.89. The molecule has 0 spiro atoms. The van der Waals surface area contributed by atoms with Crippen molar-refractivity contribution in [3.8, 4) is 0 Å². The van der Waals surface area contributed by atoms with E-state index in [0.717, 1.165) is 40.3 Å². The van der Waals surface area contributed by atoms with Gasteiger partial charge in [-0.25, -0.2) is 0 Å². The molecule has 0 saturated heterocycles. The lowest BCUT2D eigenvalue weighted by atomic mass is 9.92. The molecule has 2 heterocycles. The van der Waals surface area contributed by atoms with Crippen molar-refractivity contribution >= 4 is 27.5 Å². The molecule has 122 valence electrons. The summed E-state index contributed by atoms with van der Waals surface area (Å²) < 4.78 is 2.35. The maximum atomic E-state index is 13.6. The lowest BCUT2D eigenvalue weighted by Crippen LogP contribution is -2.06. The van der Waals surface area contributed by atoms with E-state index < -0.39 is 0 Å². The Hall–Kier alpha value is -2.87. The molecule has 0 amide bonds. The monoisotopic (exact) mass is 325 g/mol. The van der Waals surface area contributed by atoms with Gasteiger partial charge in [0.15, 0.2) is 5.78 Å². The zero-order valence-electron chi connectivity index (χ0n) is 14.2. The highest BCUT2D eigenvalue weighted by atomic mass is 16.1. The Kier molecular flexibility index (Phi) is 3.08. The number of hydrogen-bond donors (Lipinski definition) is 0. The average molecular weight is 325 g/mol. The first kappa shape index (κ1) is 14.5. The fourth-order valence-corrected chi connectivity index (χ4v) is 4.33. The van der Waals surface area contributed by atoms with E-state index in [1.54, 1.807) is 0 Å². The summed E-state index contributed by atoms with van der Waals surface area (Å²) >= 11 is 0. The Morgan fingerprint density at radius 1 is 0.920 bits per heavy atom. The molecule has 2 nitrogen and oxygen atoms in total. The highest BCUT2D eigenvalue weighted by Gasteiger charge is 2.30. The number of hydrogen-bond acceptors (Lipinski definition) is 1. The van der Waals surface area contributed by atoms with Gasteiger partial charge in [-0.05, 0) is 29.2 Å². The topological polar surface area (TPSA) is 22.0 Å². The van der Waals surface area contributed by atoms with Gasteiger partial charge in [-0.15, -0.1) is 0 Å². The van der Waals surface area contributed by atoms with Crippen LogP contribution >= 0.6 is 0 Å². The normalized spacial score (nSPS) is 16.4. The molecule has 25 heavy (non-hydrogen) atoms. The van der Waals surface area contributed by atoms with Crippen LogP contribution in [0.4, 0.5) is 0 Å². The van der Waals surface area contributed by atoms with Gasteiger partial charge in [0, 0.05) is 28.7 Å². The molecule has 1 aliphatic rings. The van der Waals surface area contributed by atoms with Gasteiger partial charge >= 0.3 is 0 Å². The molecular formula is C23H19NO. The Bertz CT molecular complexity index is 1130. The zero-order chi connectivity index (χ0) is 17.0. The highest BCUT2D eigenvalue weighted by Crippen LogP contribution is 2.39. The SMILES string of the molecule is CC1CCn2c1c(C(=O)c1cccc3ccccc13)c1ccccc12. The first-order valence-corrected chi connectivity index (χ1v) is 8.89. The second kappa shape index (κ2) is 5.32. The minimum absolute atomic E-state index is 0.149. The van der Waals surface area contributed by atoms with Gasteiger partial charge in [0.25, 0.3) is 0 Å². The molecule has 2 heteroatoms. The van der Waals surface area contributed by atoms with Crippen LogP contribution in [-0.2, 0) is 6.54 Å². The van der Waals surface area contributed by atoms with Gasteiger partial charge in [0.2, 0.25) is 0 Å². The number of benzene rings is 3. The first-order chi connectivity index (χ1) is 12.3. The van der Waals surface area contributed by atoms with Gasteiger partial charge in [-0.1, -0.05) is 67.6 Å². The Morgan fingerprint density at radius 3 is 2.52 bits per heavy atom. The number of ketones is 1. The zero-order valence-corrected chi connectivity index (χ0v) is 14.2. The fraction of sp³-hybridized carbons (Fsp3) is 0.174. The van der Waals surface area contributed by atoms with Crippen molar-refractivity contribution in [2.45, 2.75) is 25.8 Å². The van der Waals surface area contributed by atoms with Crippen LogP contribution in [-0.4, -0.2) is 10.4 Å². The molecule has 1 atom stereocenters. The van der Waals surface area contributed by atoms with Crippen molar-refractivity contribution in [1.82, 2.24) is 4.57 Å². The standard InChI is InChI=1S/C23H19NO/c1-15-13-14-24-20-12-5-4-10-19(20)21(22(15)24)23(25)18-11-6-8-16-7-2-3-9-17(16)18/h2-12,15H,13-14H2,1H3. The third kappa shape index (κ3) is 2.00. The number of rotatable bonds is 2. The fourth-order valence-electron chi connectivity index (χ4n) is 4.33. The van der Waals surface area contributed by atoms with Crippen LogP contribution in [0.3, 0.4) is 0 Å². The van der Waals surface area contributed by atoms with Crippen molar-refractivity contribution < 1.29 is 4.79 Å². The molecule has 4 aromatic rings. The number of fused-ring (bicyclic) bond motifs is 4. The highest BCUT2D eigenvalue weighted by molar-refractivity contribution is 6.22. The minimum Gasteiger partial charge on any atom is -0.344 e. The molecule has 0 fully saturated rings. The van der Waals surface area contributed by atoms with E-state index in [2.05, 4.69) is 41.8 Å². The van der Waals surface area contributed by atoms with E-state index in [-0.39, 0.29) is 5.78 Å². The van der Waals surface area contributed by atoms with E-state index in [1.807, 2.05) is 36.4 Å². The van der Waals surface area contributed by atoms with Crippen molar-refractivity contribution in [2.75, 3.05) is 0 Å². The van der Waals surface area contributed by atoms with Crippen LogP contribution in [0.2, 0.25) is 0 Å². The summed E-state index contributed by atoms with van der Waals surface area (Å²) in [6.45, 7) is 3.23. The molecule has 1 aromatic heterocycles. The van der Waals surface area contributed by atoms with Gasteiger partial charge in [0.05, 0.1) is 5.56 Å². The van der Waals surface area contributed by atoms with Gasteiger partial charge in [0.1, 0.15) is 0 Å². The molecule has 1 aliphatic heterocycles. The summed E-state index contributed by atoms with van der Waals surface area (Å²) in [7, 11) is 0. The summed E-state index contributed by atoms with van der Waals surface area (Å²) in [5, 5.41) is 3.23. The molecule has 5 rings (SSSR count). The van der Waals surface area contributed by atoms with Crippen LogP contribution in [0, 0.1) is 0 Å². The van der Waals surface area contributed by atoms with E-state index in [0.29, 0.717) is 5.92 Å². The molecule has 0 bridgehead atoms. The predicted octanol–water partition coefficient (Wildman–Crippen LogP) is 5.53. The second-order valence-corrected chi connectivity index (χ2v) is 6.97. The smallest absolute Gasteiger partial charge is 0.196 e. The van der Waals surface area contributed by atoms with Gasteiger partial charge in [-0.3, -0.25) is 4.79 Å². The maximum Gasteiger partial charge on any atom is 0.196 e. The van der Waals surface area contributed by atoms with E-state index >= 15 is 0 Å².